The number of halogens is 3. The zero-order valence-corrected chi connectivity index (χ0v) is 11.7. The summed E-state index contributed by atoms with van der Waals surface area (Å²) in [6, 6.07) is 0. The highest BCUT2D eigenvalue weighted by molar-refractivity contribution is 5.81. The SMILES string of the molecule is COC(=O)C1(N)CCCC1CCOCCCC(F)(F)F. The number of ether oxygens (including phenoxy) is 2. The van der Waals surface area contributed by atoms with E-state index in [1.54, 1.807) is 0 Å². The van der Waals surface area contributed by atoms with Crippen molar-refractivity contribution in [2.75, 3.05) is 20.3 Å². The minimum absolute atomic E-state index is 0.0300. The smallest absolute Gasteiger partial charge is 0.389 e. The van der Waals surface area contributed by atoms with Crippen LogP contribution >= 0.6 is 0 Å². The van der Waals surface area contributed by atoms with E-state index >= 15 is 0 Å². The molecule has 0 spiro atoms. The third-order valence-corrected chi connectivity index (χ3v) is 3.80. The maximum absolute atomic E-state index is 11.9. The Labute approximate surface area is 116 Å². The molecule has 0 aromatic rings. The molecule has 0 aliphatic heterocycles. The number of methoxy groups -OCH3 is 1. The molecule has 0 heterocycles. The van der Waals surface area contributed by atoms with Gasteiger partial charge in [-0.3, -0.25) is 4.79 Å². The van der Waals surface area contributed by atoms with Crippen molar-refractivity contribution in [2.24, 2.45) is 11.7 Å². The first-order chi connectivity index (χ1) is 9.29. The molecule has 1 aliphatic carbocycles. The summed E-state index contributed by atoms with van der Waals surface area (Å²) in [4.78, 5) is 11.7. The number of carbonyl (C=O) groups is 1. The van der Waals surface area contributed by atoms with Crippen molar-refractivity contribution in [1.82, 2.24) is 0 Å². The Kier molecular flexibility index (Phi) is 6.26. The molecule has 2 atom stereocenters. The van der Waals surface area contributed by atoms with Gasteiger partial charge in [-0.1, -0.05) is 6.42 Å². The minimum Gasteiger partial charge on any atom is -0.468 e. The van der Waals surface area contributed by atoms with Gasteiger partial charge < -0.3 is 15.2 Å². The zero-order chi connectivity index (χ0) is 15.2. The van der Waals surface area contributed by atoms with Gasteiger partial charge in [0.2, 0.25) is 0 Å². The summed E-state index contributed by atoms with van der Waals surface area (Å²) in [6.07, 6.45) is -2.19. The molecule has 0 aromatic heterocycles. The van der Waals surface area contributed by atoms with E-state index in [2.05, 4.69) is 0 Å². The Morgan fingerprint density at radius 3 is 2.70 bits per heavy atom. The lowest BCUT2D eigenvalue weighted by Gasteiger charge is -2.28. The van der Waals surface area contributed by atoms with Crippen LogP contribution in [0.1, 0.15) is 38.5 Å². The van der Waals surface area contributed by atoms with Gasteiger partial charge in [0.1, 0.15) is 5.54 Å². The van der Waals surface area contributed by atoms with Crippen molar-refractivity contribution in [3.8, 4) is 0 Å². The summed E-state index contributed by atoms with van der Waals surface area (Å²) in [6.45, 7) is 0.389. The first-order valence-corrected chi connectivity index (χ1v) is 6.81. The summed E-state index contributed by atoms with van der Waals surface area (Å²) in [5.41, 5.74) is 5.11. The number of nitrogens with two attached hydrogens (primary N) is 1. The van der Waals surface area contributed by atoms with Crippen LogP contribution in [0.25, 0.3) is 0 Å². The second-order valence-electron chi connectivity index (χ2n) is 5.24. The molecule has 7 heteroatoms. The second kappa shape index (κ2) is 7.26. The molecule has 0 aromatic carbocycles. The van der Waals surface area contributed by atoms with E-state index in [0.717, 1.165) is 12.8 Å². The average Bonchev–Trinajstić information content (AvgIpc) is 2.74. The number of hydrogen-bond donors (Lipinski definition) is 1. The van der Waals surface area contributed by atoms with Gasteiger partial charge in [0, 0.05) is 19.6 Å². The Bertz CT molecular complexity index is 322. The number of carbonyl (C=O) groups excluding carboxylic acids is 1. The molecule has 4 nitrogen and oxygen atoms in total. The van der Waals surface area contributed by atoms with E-state index in [-0.39, 0.29) is 18.9 Å². The number of rotatable bonds is 7. The Morgan fingerprint density at radius 2 is 2.10 bits per heavy atom. The van der Waals surface area contributed by atoms with Crippen LogP contribution in [0.4, 0.5) is 13.2 Å². The third-order valence-electron chi connectivity index (χ3n) is 3.80. The van der Waals surface area contributed by atoms with Gasteiger partial charge in [0.05, 0.1) is 7.11 Å². The number of esters is 1. The molecule has 1 rings (SSSR count). The molecule has 0 saturated heterocycles. The Balaban J connectivity index is 2.23. The third kappa shape index (κ3) is 4.94. The van der Waals surface area contributed by atoms with E-state index in [0.29, 0.717) is 19.4 Å². The van der Waals surface area contributed by atoms with Gasteiger partial charge in [-0.15, -0.1) is 0 Å². The lowest BCUT2D eigenvalue weighted by Crippen LogP contribution is -2.51. The molecular weight excluding hydrogens is 275 g/mol. The normalized spacial score (nSPS) is 26.8. The van der Waals surface area contributed by atoms with Crippen LogP contribution in [-0.4, -0.2) is 38.0 Å². The van der Waals surface area contributed by atoms with Gasteiger partial charge >= 0.3 is 12.1 Å². The number of alkyl halides is 3. The monoisotopic (exact) mass is 297 g/mol. The van der Waals surface area contributed by atoms with Crippen molar-refractivity contribution < 1.29 is 27.4 Å². The van der Waals surface area contributed by atoms with Crippen LogP contribution in [0.5, 0.6) is 0 Å². The fraction of sp³-hybridized carbons (Fsp3) is 0.923. The van der Waals surface area contributed by atoms with Crippen molar-refractivity contribution in [1.29, 1.82) is 0 Å². The maximum Gasteiger partial charge on any atom is 0.389 e. The van der Waals surface area contributed by atoms with E-state index in [9.17, 15) is 18.0 Å². The van der Waals surface area contributed by atoms with Gasteiger partial charge in [-0.05, 0) is 31.6 Å². The highest BCUT2D eigenvalue weighted by Gasteiger charge is 2.46. The molecule has 1 aliphatic rings. The predicted molar refractivity (Wildman–Crippen MR) is 67.0 cm³/mol. The predicted octanol–water partition coefficient (Wildman–Crippen LogP) is 2.41. The highest BCUT2D eigenvalue weighted by atomic mass is 19.4. The Hall–Kier alpha value is -0.820. The molecule has 2 unspecified atom stereocenters. The molecule has 118 valence electrons. The van der Waals surface area contributed by atoms with Crippen molar-refractivity contribution in [3.63, 3.8) is 0 Å². The Morgan fingerprint density at radius 1 is 1.40 bits per heavy atom. The molecule has 1 fully saturated rings. The van der Waals surface area contributed by atoms with E-state index in [1.807, 2.05) is 0 Å². The molecule has 2 N–H and O–H groups in total. The summed E-state index contributed by atoms with van der Waals surface area (Å²) in [5.74, 6) is -0.449. The van der Waals surface area contributed by atoms with Gasteiger partial charge in [0.25, 0.3) is 0 Å². The summed E-state index contributed by atoms with van der Waals surface area (Å²) in [7, 11) is 1.31. The van der Waals surface area contributed by atoms with Crippen LogP contribution in [0.3, 0.4) is 0 Å². The van der Waals surface area contributed by atoms with Crippen molar-refractivity contribution in [3.05, 3.63) is 0 Å². The largest absolute Gasteiger partial charge is 0.468 e. The molecule has 1 saturated carbocycles. The molecular formula is C13H22F3NO3. The minimum atomic E-state index is -4.13. The summed E-state index contributed by atoms with van der Waals surface area (Å²) < 4.78 is 45.7. The quantitative estimate of drug-likeness (QED) is 0.579. The fourth-order valence-corrected chi connectivity index (χ4v) is 2.67. The standard InChI is InChI=1S/C13H22F3NO3/c1-19-11(18)12(17)6-2-4-10(12)5-9-20-8-3-7-13(14,15)16/h10H,2-9,17H2,1H3. The lowest BCUT2D eigenvalue weighted by molar-refractivity contribution is -0.149. The van der Waals surface area contributed by atoms with Gasteiger partial charge in [-0.25, -0.2) is 0 Å². The van der Waals surface area contributed by atoms with Crippen LogP contribution in [0, 0.1) is 5.92 Å². The van der Waals surface area contributed by atoms with Crippen LogP contribution in [0.15, 0.2) is 0 Å². The van der Waals surface area contributed by atoms with Crippen LogP contribution < -0.4 is 5.73 Å². The fourth-order valence-electron chi connectivity index (χ4n) is 2.67. The average molecular weight is 297 g/mol. The van der Waals surface area contributed by atoms with E-state index in [4.69, 9.17) is 15.2 Å². The molecule has 0 bridgehead atoms. The van der Waals surface area contributed by atoms with E-state index in [1.165, 1.54) is 7.11 Å². The maximum atomic E-state index is 11.9. The first-order valence-electron chi connectivity index (χ1n) is 6.81. The lowest BCUT2D eigenvalue weighted by atomic mass is 9.86. The van der Waals surface area contributed by atoms with Crippen LogP contribution in [0.2, 0.25) is 0 Å². The summed E-state index contributed by atoms with van der Waals surface area (Å²) in [5, 5.41) is 0. The molecule has 0 amide bonds. The van der Waals surface area contributed by atoms with E-state index < -0.39 is 24.1 Å². The first kappa shape index (κ1) is 17.2. The van der Waals surface area contributed by atoms with Gasteiger partial charge in [-0.2, -0.15) is 13.2 Å². The zero-order valence-electron chi connectivity index (χ0n) is 11.7. The van der Waals surface area contributed by atoms with Gasteiger partial charge in [0.15, 0.2) is 0 Å². The van der Waals surface area contributed by atoms with Crippen molar-refractivity contribution >= 4 is 5.97 Å². The number of hydrogen-bond acceptors (Lipinski definition) is 4. The summed E-state index contributed by atoms with van der Waals surface area (Å²) >= 11 is 0. The van der Waals surface area contributed by atoms with Crippen molar-refractivity contribution in [2.45, 2.75) is 50.2 Å². The highest BCUT2D eigenvalue weighted by Crippen LogP contribution is 2.36. The molecule has 0 radical (unpaired) electrons. The second-order valence-corrected chi connectivity index (χ2v) is 5.24. The molecule has 20 heavy (non-hydrogen) atoms. The topological polar surface area (TPSA) is 61.5 Å². The van der Waals surface area contributed by atoms with Crippen LogP contribution in [-0.2, 0) is 14.3 Å².